The van der Waals surface area contributed by atoms with Crippen LogP contribution in [0.2, 0.25) is 0 Å². The minimum atomic E-state index is -0.0967. The van der Waals surface area contributed by atoms with Crippen molar-refractivity contribution >= 4 is 17.8 Å². The van der Waals surface area contributed by atoms with Crippen LogP contribution in [0.4, 0.5) is 4.79 Å². The summed E-state index contributed by atoms with van der Waals surface area (Å²) in [5, 5.41) is 15.0. The number of carbonyl (C=O) groups excluding carboxylic acids is 1. The Bertz CT molecular complexity index is 214. The van der Waals surface area contributed by atoms with E-state index in [1.54, 1.807) is 0 Å². The number of aliphatic hydroxyl groups is 1. The summed E-state index contributed by atoms with van der Waals surface area (Å²) in [7, 11) is 0. The molecule has 1 saturated carbocycles. The largest absolute Gasteiger partial charge is 0.396 e. The topological polar surface area (TPSA) is 61.4 Å². The fraction of sp³-hybridized carbons (Fsp3) is 0.909. The number of rotatable bonds is 6. The first-order chi connectivity index (χ1) is 7.76. The lowest BCUT2D eigenvalue weighted by Gasteiger charge is -2.13. The van der Waals surface area contributed by atoms with E-state index < -0.39 is 0 Å². The summed E-state index contributed by atoms with van der Waals surface area (Å²) < 4.78 is 0. The first-order valence-electron chi connectivity index (χ1n) is 6.03. The Kier molecular flexibility index (Phi) is 6.64. The number of thioether (sulfide) groups is 1. The van der Waals surface area contributed by atoms with Gasteiger partial charge in [0.15, 0.2) is 0 Å². The molecule has 1 rings (SSSR count). The number of aliphatic hydroxyl groups excluding tert-OH is 1. The van der Waals surface area contributed by atoms with Gasteiger partial charge in [0, 0.05) is 24.4 Å². The van der Waals surface area contributed by atoms with E-state index >= 15 is 0 Å². The molecular formula is C11H22N2O2S. The van der Waals surface area contributed by atoms with Crippen molar-refractivity contribution in [2.24, 2.45) is 0 Å². The summed E-state index contributed by atoms with van der Waals surface area (Å²) in [6, 6.07) is 0.235. The van der Waals surface area contributed by atoms with Gasteiger partial charge in [-0.25, -0.2) is 4.79 Å². The van der Waals surface area contributed by atoms with E-state index in [9.17, 15) is 4.79 Å². The molecule has 0 aromatic carbocycles. The highest BCUT2D eigenvalue weighted by atomic mass is 32.2. The highest BCUT2D eigenvalue weighted by Gasteiger charge is 2.25. The Morgan fingerprint density at radius 3 is 3.00 bits per heavy atom. The maximum atomic E-state index is 11.4. The van der Waals surface area contributed by atoms with Gasteiger partial charge < -0.3 is 15.7 Å². The SMILES string of the molecule is CCSC1CCC(NC(=O)NCCCO)C1. The predicted octanol–water partition coefficient (Wildman–Crippen LogP) is 1.34. The number of hydrogen-bond donors (Lipinski definition) is 3. The van der Waals surface area contributed by atoms with Gasteiger partial charge in [-0.1, -0.05) is 6.92 Å². The first-order valence-corrected chi connectivity index (χ1v) is 7.08. The van der Waals surface area contributed by atoms with Crippen LogP contribution in [0.15, 0.2) is 0 Å². The minimum absolute atomic E-state index is 0.0967. The van der Waals surface area contributed by atoms with Crippen LogP contribution in [-0.4, -0.2) is 41.3 Å². The summed E-state index contributed by atoms with van der Waals surface area (Å²) in [6.07, 6.45) is 4.00. The van der Waals surface area contributed by atoms with Gasteiger partial charge in [-0.2, -0.15) is 11.8 Å². The highest BCUT2D eigenvalue weighted by molar-refractivity contribution is 7.99. The fourth-order valence-electron chi connectivity index (χ4n) is 1.98. The van der Waals surface area contributed by atoms with Gasteiger partial charge in [0.05, 0.1) is 0 Å². The van der Waals surface area contributed by atoms with Gasteiger partial charge in [-0.3, -0.25) is 0 Å². The zero-order valence-corrected chi connectivity index (χ0v) is 10.7. The Labute approximate surface area is 102 Å². The van der Waals surface area contributed by atoms with Crippen molar-refractivity contribution in [1.82, 2.24) is 10.6 Å². The predicted molar refractivity (Wildman–Crippen MR) is 67.8 cm³/mol. The number of amides is 2. The molecule has 0 heterocycles. The van der Waals surface area contributed by atoms with Gasteiger partial charge in [0.2, 0.25) is 0 Å². The van der Waals surface area contributed by atoms with Crippen molar-refractivity contribution in [3.8, 4) is 0 Å². The maximum Gasteiger partial charge on any atom is 0.315 e. The molecule has 1 aliphatic carbocycles. The second-order valence-electron chi connectivity index (χ2n) is 4.06. The lowest BCUT2D eigenvalue weighted by molar-refractivity contribution is 0.234. The van der Waals surface area contributed by atoms with Crippen molar-refractivity contribution < 1.29 is 9.90 Å². The lowest BCUT2D eigenvalue weighted by Crippen LogP contribution is -2.41. The van der Waals surface area contributed by atoms with Crippen molar-refractivity contribution in [3.63, 3.8) is 0 Å². The summed E-state index contributed by atoms with van der Waals surface area (Å²) in [4.78, 5) is 11.4. The molecule has 1 aliphatic rings. The van der Waals surface area contributed by atoms with Gasteiger partial charge >= 0.3 is 6.03 Å². The van der Waals surface area contributed by atoms with Crippen molar-refractivity contribution in [2.75, 3.05) is 18.9 Å². The molecule has 0 aliphatic heterocycles. The molecule has 4 nitrogen and oxygen atoms in total. The molecule has 0 bridgehead atoms. The zero-order chi connectivity index (χ0) is 11.8. The second-order valence-corrected chi connectivity index (χ2v) is 5.64. The van der Waals surface area contributed by atoms with Crippen LogP contribution in [0.1, 0.15) is 32.6 Å². The third-order valence-electron chi connectivity index (χ3n) is 2.74. The molecule has 0 spiro atoms. The Morgan fingerprint density at radius 2 is 2.31 bits per heavy atom. The molecule has 94 valence electrons. The van der Waals surface area contributed by atoms with Gasteiger partial charge in [0.25, 0.3) is 0 Å². The van der Waals surface area contributed by atoms with E-state index in [1.807, 2.05) is 11.8 Å². The van der Waals surface area contributed by atoms with Crippen LogP contribution in [0.5, 0.6) is 0 Å². The number of urea groups is 1. The summed E-state index contributed by atoms with van der Waals surface area (Å²) in [5.41, 5.74) is 0. The second kappa shape index (κ2) is 7.79. The molecule has 0 aromatic heterocycles. The molecule has 1 fully saturated rings. The summed E-state index contributed by atoms with van der Waals surface area (Å²) >= 11 is 1.99. The van der Waals surface area contributed by atoms with Crippen LogP contribution >= 0.6 is 11.8 Å². The fourth-order valence-corrected chi connectivity index (χ4v) is 3.12. The molecule has 5 heteroatoms. The number of hydrogen-bond acceptors (Lipinski definition) is 3. The van der Waals surface area contributed by atoms with Crippen LogP contribution in [-0.2, 0) is 0 Å². The molecule has 16 heavy (non-hydrogen) atoms. The van der Waals surface area contributed by atoms with E-state index in [-0.39, 0.29) is 12.6 Å². The molecule has 2 amide bonds. The smallest absolute Gasteiger partial charge is 0.315 e. The van der Waals surface area contributed by atoms with Crippen LogP contribution in [0.3, 0.4) is 0 Å². The molecular weight excluding hydrogens is 224 g/mol. The Morgan fingerprint density at radius 1 is 1.50 bits per heavy atom. The lowest BCUT2D eigenvalue weighted by atomic mass is 10.2. The van der Waals surface area contributed by atoms with Gasteiger partial charge in [0.1, 0.15) is 0 Å². The molecule has 0 aromatic rings. The Balaban J connectivity index is 2.11. The average molecular weight is 246 g/mol. The maximum absolute atomic E-state index is 11.4. The van der Waals surface area contributed by atoms with Gasteiger partial charge in [-0.05, 0) is 31.4 Å². The third-order valence-corrected chi connectivity index (χ3v) is 3.98. The molecule has 0 radical (unpaired) electrons. The standard InChI is InChI=1S/C11H22N2O2S/c1-2-16-10-5-4-9(8-10)13-11(15)12-6-3-7-14/h9-10,14H,2-8H2,1H3,(H2,12,13,15). The number of nitrogens with one attached hydrogen (secondary N) is 2. The minimum Gasteiger partial charge on any atom is -0.396 e. The monoisotopic (exact) mass is 246 g/mol. The molecule has 2 atom stereocenters. The van der Waals surface area contributed by atoms with Crippen molar-refractivity contribution in [3.05, 3.63) is 0 Å². The normalized spacial score (nSPS) is 24.4. The Hall–Kier alpha value is -0.420. The molecule has 2 unspecified atom stereocenters. The zero-order valence-electron chi connectivity index (χ0n) is 9.87. The van der Waals surface area contributed by atoms with Crippen LogP contribution in [0, 0.1) is 0 Å². The van der Waals surface area contributed by atoms with Crippen molar-refractivity contribution in [1.29, 1.82) is 0 Å². The third kappa shape index (κ3) is 5.07. The van der Waals surface area contributed by atoms with E-state index in [2.05, 4.69) is 17.6 Å². The number of carbonyl (C=O) groups is 1. The van der Waals surface area contributed by atoms with E-state index in [0.717, 1.165) is 18.6 Å². The van der Waals surface area contributed by atoms with E-state index in [4.69, 9.17) is 5.11 Å². The summed E-state index contributed by atoms with van der Waals surface area (Å²) in [6.45, 7) is 2.84. The van der Waals surface area contributed by atoms with Gasteiger partial charge in [-0.15, -0.1) is 0 Å². The summed E-state index contributed by atoms with van der Waals surface area (Å²) in [5.74, 6) is 1.15. The average Bonchev–Trinajstić information content (AvgIpc) is 2.66. The quantitative estimate of drug-likeness (QED) is 0.620. The molecule has 3 N–H and O–H groups in total. The van der Waals surface area contributed by atoms with Crippen molar-refractivity contribution in [2.45, 2.75) is 43.9 Å². The van der Waals surface area contributed by atoms with Crippen LogP contribution in [0.25, 0.3) is 0 Å². The van der Waals surface area contributed by atoms with E-state index in [1.165, 1.54) is 6.42 Å². The first kappa shape index (κ1) is 13.6. The molecule has 0 saturated heterocycles. The highest BCUT2D eigenvalue weighted by Crippen LogP contribution is 2.29. The van der Waals surface area contributed by atoms with E-state index in [0.29, 0.717) is 24.3 Å². The van der Waals surface area contributed by atoms with Crippen LogP contribution < -0.4 is 10.6 Å².